The third-order valence-corrected chi connectivity index (χ3v) is 2.52. The quantitative estimate of drug-likeness (QED) is 0.477. The minimum atomic E-state index is -0.186. The molecule has 0 saturated heterocycles. The predicted molar refractivity (Wildman–Crippen MR) is 72.7 cm³/mol. The molecular formula is C11H16ClN5O2. The van der Waals surface area contributed by atoms with Gasteiger partial charge in [0.05, 0.1) is 5.56 Å². The molecule has 8 heteroatoms. The van der Waals surface area contributed by atoms with E-state index in [-0.39, 0.29) is 16.7 Å². The average molecular weight is 286 g/mol. The van der Waals surface area contributed by atoms with Gasteiger partial charge in [-0.05, 0) is 6.92 Å². The van der Waals surface area contributed by atoms with E-state index in [0.717, 1.165) is 0 Å². The molecule has 104 valence electrons. The number of hydrogen-bond acceptors (Lipinski definition) is 5. The second kappa shape index (κ2) is 6.89. The molecule has 7 nitrogen and oxygen atoms in total. The average Bonchev–Trinajstić information content (AvgIpc) is 2.33. The van der Waals surface area contributed by atoms with Gasteiger partial charge in [-0.3, -0.25) is 4.79 Å². The van der Waals surface area contributed by atoms with Gasteiger partial charge >= 0.3 is 6.03 Å². The zero-order chi connectivity index (χ0) is 14.4. The van der Waals surface area contributed by atoms with Crippen LogP contribution < -0.4 is 10.6 Å². The first kappa shape index (κ1) is 15.2. The largest absolute Gasteiger partial charge is 0.368 e. The molecule has 2 N–H and O–H groups in total. The van der Waals surface area contributed by atoms with Gasteiger partial charge in [-0.2, -0.15) is 0 Å². The molecule has 19 heavy (non-hydrogen) atoms. The molecule has 0 unspecified atom stereocenters. The molecule has 1 aromatic heterocycles. The number of aryl methyl sites for hydroxylation is 1. The Kier molecular flexibility index (Phi) is 5.50. The van der Waals surface area contributed by atoms with Crippen LogP contribution in [0.3, 0.4) is 0 Å². The molecule has 0 saturated carbocycles. The highest BCUT2D eigenvalue weighted by Crippen LogP contribution is 2.18. The van der Waals surface area contributed by atoms with Crippen LogP contribution in [0.5, 0.6) is 0 Å². The van der Waals surface area contributed by atoms with Gasteiger partial charge in [0, 0.05) is 27.2 Å². The molecule has 0 bridgehead atoms. The summed E-state index contributed by atoms with van der Waals surface area (Å²) < 4.78 is 0. The molecule has 0 aromatic carbocycles. The Hall–Kier alpha value is -1.89. The molecule has 0 spiro atoms. The highest BCUT2D eigenvalue weighted by molar-refractivity contribution is 6.32. The Morgan fingerprint density at radius 3 is 2.63 bits per heavy atom. The number of halogens is 1. The number of nitrogens with one attached hydrogen (secondary N) is 2. The van der Waals surface area contributed by atoms with Gasteiger partial charge < -0.3 is 15.5 Å². The minimum Gasteiger partial charge on any atom is -0.368 e. The van der Waals surface area contributed by atoms with E-state index >= 15 is 0 Å². The van der Waals surface area contributed by atoms with Crippen LogP contribution in [0.25, 0.3) is 0 Å². The zero-order valence-corrected chi connectivity index (χ0v) is 11.8. The fourth-order valence-corrected chi connectivity index (χ4v) is 1.55. The number of amides is 2. The van der Waals surface area contributed by atoms with E-state index < -0.39 is 0 Å². The first-order chi connectivity index (χ1) is 8.95. The fraction of sp³-hybridized carbons (Fsp3) is 0.455. The van der Waals surface area contributed by atoms with Crippen molar-refractivity contribution in [1.82, 2.24) is 20.2 Å². The first-order valence-electron chi connectivity index (χ1n) is 5.64. The SMILES string of the molecule is Cc1nc(Cl)c(C=O)c(NCCNC(=O)N(C)C)n1. The lowest BCUT2D eigenvalue weighted by Crippen LogP contribution is -2.37. The van der Waals surface area contributed by atoms with Crippen molar-refractivity contribution in [2.24, 2.45) is 0 Å². The van der Waals surface area contributed by atoms with E-state index in [1.54, 1.807) is 21.0 Å². The van der Waals surface area contributed by atoms with E-state index in [1.165, 1.54) is 4.90 Å². The van der Waals surface area contributed by atoms with Crippen molar-refractivity contribution in [3.05, 3.63) is 16.5 Å². The molecule has 0 aliphatic heterocycles. The molecule has 2 amide bonds. The molecule has 0 radical (unpaired) electrons. The van der Waals surface area contributed by atoms with Crippen molar-refractivity contribution >= 4 is 29.7 Å². The van der Waals surface area contributed by atoms with E-state index in [9.17, 15) is 9.59 Å². The van der Waals surface area contributed by atoms with Crippen LogP contribution in [0, 0.1) is 6.92 Å². The summed E-state index contributed by atoms with van der Waals surface area (Å²) in [5, 5.41) is 5.73. The summed E-state index contributed by atoms with van der Waals surface area (Å²) in [6, 6.07) is -0.186. The number of nitrogens with zero attached hydrogens (tertiary/aromatic N) is 3. The normalized spacial score (nSPS) is 9.89. The van der Waals surface area contributed by atoms with Gasteiger partial charge in [-0.1, -0.05) is 11.6 Å². The monoisotopic (exact) mass is 285 g/mol. The zero-order valence-electron chi connectivity index (χ0n) is 11.0. The van der Waals surface area contributed by atoms with Crippen LogP contribution in [0.15, 0.2) is 0 Å². The fourth-order valence-electron chi connectivity index (χ4n) is 1.29. The Balaban J connectivity index is 2.58. The number of carbonyl (C=O) groups is 2. The maximum atomic E-state index is 11.3. The van der Waals surface area contributed by atoms with Gasteiger partial charge in [0.1, 0.15) is 16.8 Å². The Bertz CT molecular complexity index is 478. The standard InChI is InChI=1S/C11H16ClN5O2/c1-7-15-9(12)8(6-18)10(16-7)13-4-5-14-11(19)17(2)3/h6H,4-5H2,1-3H3,(H,14,19)(H,13,15,16). The topological polar surface area (TPSA) is 87.2 Å². The number of rotatable bonds is 5. The van der Waals surface area contributed by atoms with Gasteiger partial charge in [0.2, 0.25) is 0 Å². The number of aldehydes is 1. The second-order valence-electron chi connectivity index (χ2n) is 3.99. The maximum absolute atomic E-state index is 11.3. The Labute approximate surface area is 116 Å². The molecule has 1 rings (SSSR count). The van der Waals surface area contributed by atoms with Crippen molar-refractivity contribution in [2.45, 2.75) is 6.92 Å². The van der Waals surface area contributed by atoms with E-state index in [4.69, 9.17) is 11.6 Å². The van der Waals surface area contributed by atoms with Gasteiger partial charge in [0.25, 0.3) is 0 Å². The van der Waals surface area contributed by atoms with Crippen LogP contribution in [-0.4, -0.2) is 54.4 Å². The lowest BCUT2D eigenvalue weighted by atomic mass is 10.3. The molecule has 0 aliphatic carbocycles. The first-order valence-corrected chi connectivity index (χ1v) is 6.02. The summed E-state index contributed by atoms with van der Waals surface area (Å²) in [6.45, 7) is 2.50. The lowest BCUT2D eigenvalue weighted by Gasteiger charge is -2.13. The Morgan fingerprint density at radius 2 is 2.05 bits per heavy atom. The van der Waals surface area contributed by atoms with Crippen LogP contribution in [0.1, 0.15) is 16.2 Å². The van der Waals surface area contributed by atoms with Gasteiger partial charge in [-0.25, -0.2) is 14.8 Å². The molecular weight excluding hydrogens is 270 g/mol. The summed E-state index contributed by atoms with van der Waals surface area (Å²) in [7, 11) is 3.31. The van der Waals surface area contributed by atoms with E-state index in [0.29, 0.717) is 31.0 Å². The van der Waals surface area contributed by atoms with Crippen molar-refractivity contribution < 1.29 is 9.59 Å². The number of hydrogen-bond donors (Lipinski definition) is 2. The highest BCUT2D eigenvalue weighted by atomic mass is 35.5. The van der Waals surface area contributed by atoms with Crippen molar-refractivity contribution in [3.63, 3.8) is 0 Å². The maximum Gasteiger partial charge on any atom is 0.316 e. The number of carbonyl (C=O) groups excluding carboxylic acids is 2. The van der Waals surface area contributed by atoms with Crippen molar-refractivity contribution in [3.8, 4) is 0 Å². The van der Waals surface area contributed by atoms with Crippen LogP contribution in [-0.2, 0) is 0 Å². The predicted octanol–water partition coefficient (Wildman–Crippen LogP) is 0.934. The summed E-state index contributed by atoms with van der Waals surface area (Å²) in [6.07, 6.45) is 0.600. The van der Waals surface area contributed by atoms with Crippen LogP contribution in [0.4, 0.5) is 10.6 Å². The van der Waals surface area contributed by atoms with Gasteiger partial charge in [-0.15, -0.1) is 0 Å². The van der Waals surface area contributed by atoms with E-state index in [2.05, 4.69) is 20.6 Å². The molecule has 1 heterocycles. The third-order valence-electron chi connectivity index (χ3n) is 2.23. The van der Waals surface area contributed by atoms with Gasteiger partial charge in [0.15, 0.2) is 6.29 Å². The van der Waals surface area contributed by atoms with Crippen LogP contribution >= 0.6 is 11.6 Å². The highest BCUT2D eigenvalue weighted by Gasteiger charge is 2.10. The minimum absolute atomic E-state index is 0.113. The molecule has 0 aliphatic rings. The lowest BCUT2D eigenvalue weighted by molar-refractivity contribution is 0.112. The summed E-state index contributed by atoms with van der Waals surface area (Å²) in [5.74, 6) is 0.835. The summed E-state index contributed by atoms with van der Waals surface area (Å²) >= 11 is 5.84. The van der Waals surface area contributed by atoms with Crippen molar-refractivity contribution in [2.75, 3.05) is 32.5 Å². The van der Waals surface area contributed by atoms with Crippen LogP contribution in [0.2, 0.25) is 5.15 Å². The molecule has 1 aromatic rings. The summed E-state index contributed by atoms with van der Waals surface area (Å²) in [4.78, 5) is 31.6. The molecule has 0 atom stereocenters. The number of urea groups is 1. The summed E-state index contributed by atoms with van der Waals surface area (Å²) in [5.41, 5.74) is 0.214. The van der Waals surface area contributed by atoms with Crippen molar-refractivity contribution in [1.29, 1.82) is 0 Å². The smallest absolute Gasteiger partial charge is 0.316 e. The second-order valence-corrected chi connectivity index (χ2v) is 4.35. The molecule has 0 fully saturated rings. The van der Waals surface area contributed by atoms with E-state index in [1.807, 2.05) is 0 Å². The number of anilines is 1. The number of aromatic nitrogens is 2. The third kappa shape index (κ3) is 4.36. The Morgan fingerprint density at radius 1 is 1.37 bits per heavy atom.